The molecule has 0 aliphatic rings. The molecule has 1 aromatic carbocycles. The predicted molar refractivity (Wildman–Crippen MR) is 117 cm³/mol. The number of nitrogens with two attached hydrogens (primary N) is 1. The molecule has 7 nitrogen and oxygen atoms in total. The number of benzene rings is 1. The molecule has 2 aromatic heterocycles. The lowest BCUT2D eigenvalue weighted by Crippen LogP contribution is -2.51. The first-order chi connectivity index (χ1) is 15.3. The number of aliphatic hydroxyl groups excluding tert-OH is 1. The summed E-state index contributed by atoms with van der Waals surface area (Å²) in [5.41, 5.74) is 6.54. The molecular formula is C22H22F2N4O3S. The van der Waals surface area contributed by atoms with Crippen LogP contribution in [0.25, 0.3) is 0 Å². The van der Waals surface area contributed by atoms with Gasteiger partial charge in [0.05, 0.1) is 0 Å². The number of hydrogen-bond donors (Lipinski definition) is 4. The van der Waals surface area contributed by atoms with Crippen LogP contribution >= 0.6 is 11.3 Å². The summed E-state index contributed by atoms with van der Waals surface area (Å²) in [7, 11) is 0. The lowest BCUT2D eigenvalue weighted by Gasteiger charge is -2.20. The summed E-state index contributed by atoms with van der Waals surface area (Å²) in [6.45, 7) is 0.119. The van der Waals surface area contributed by atoms with Crippen molar-refractivity contribution in [2.45, 2.75) is 31.5 Å². The fraction of sp³-hybridized carbons (Fsp3) is 0.227. The van der Waals surface area contributed by atoms with Gasteiger partial charge in [0.2, 0.25) is 11.8 Å². The summed E-state index contributed by atoms with van der Waals surface area (Å²) in [5.74, 6) is -3.03. The number of anilines is 1. The van der Waals surface area contributed by atoms with E-state index in [4.69, 9.17) is 5.73 Å². The molecule has 5 N–H and O–H groups in total. The Morgan fingerprint density at radius 1 is 1.06 bits per heavy atom. The third-order valence-corrected chi connectivity index (χ3v) is 5.55. The fourth-order valence-electron chi connectivity index (χ4n) is 2.94. The molecule has 0 fully saturated rings. The van der Waals surface area contributed by atoms with Crippen molar-refractivity contribution in [3.8, 4) is 0 Å². The van der Waals surface area contributed by atoms with E-state index in [1.807, 2.05) is 5.38 Å². The number of carbonyl (C=O) groups excluding carboxylic acids is 2. The van der Waals surface area contributed by atoms with Crippen LogP contribution in [0.4, 0.5) is 14.6 Å². The molecule has 0 aliphatic heterocycles. The van der Waals surface area contributed by atoms with E-state index in [1.54, 1.807) is 24.3 Å². The maximum atomic E-state index is 13.6. The third-order valence-electron chi connectivity index (χ3n) is 4.65. The molecule has 2 atom stereocenters. The van der Waals surface area contributed by atoms with Crippen molar-refractivity contribution in [2.24, 2.45) is 0 Å². The molecule has 10 heteroatoms. The number of aromatic nitrogens is 1. The second kappa shape index (κ2) is 10.8. The third kappa shape index (κ3) is 6.56. The molecule has 2 heterocycles. The van der Waals surface area contributed by atoms with Crippen LogP contribution in [-0.2, 0) is 29.0 Å². The molecule has 0 bridgehead atoms. The molecule has 0 saturated heterocycles. The molecule has 0 spiro atoms. The average molecular weight is 461 g/mol. The number of carbonyl (C=O) groups is 2. The molecular weight excluding hydrogens is 438 g/mol. The number of nitrogens with zero attached hydrogens (tertiary/aromatic N) is 1. The first-order valence-corrected chi connectivity index (χ1v) is 10.6. The zero-order valence-electron chi connectivity index (χ0n) is 16.9. The second-order valence-electron chi connectivity index (χ2n) is 7.12. The van der Waals surface area contributed by atoms with Gasteiger partial charge >= 0.3 is 0 Å². The highest BCUT2D eigenvalue weighted by molar-refractivity contribution is 7.09. The molecule has 3 aromatic rings. The van der Waals surface area contributed by atoms with Crippen molar-refractivity contribution in [1.29, 1.82) is 0 Å². The van der Waals surface area contributed by atoms with Gasteiger partial charge in [0, 0.05) is 30.5 Å². The molecule has 0 unspecified atom stereocenters. The van der Waals surface area contributed by atoms with Gasteiger partial charge in [-0.05, 0) is 40.8 Å². The van der Waals surface area contributed by atoms with E-state index in [9.17, 15) is 23.5 Å². The number of rotatable bonds is 9. The number of nitrogens with one attached hydrogen (secondary N) is 2. The topological polar surface area (TPSA) is 117 Å². The normalized spacial score (nSPS) is 12.7. The highest BCUT2D eigenvalue weighted by Gasteiger charge is 2.25. The van der Waals surface area contributed by atoms with E-state index in [0.29, 0.717) is 16.9 Å². The van der Waals surface area contributed by atoms with Crippen molar-refractivity contribution in [3.63, 3.8) is 0 Å². The smallest absolute Gasteiger partial charge is 0.249 e. The van der Waals surface area contributed by atoms with E-state index in [2.05, 4.69) is 15.6 Å². The van der Waals surface area contributed by atoms with Crippen LogP contribution in [0.3, 0.4) is 0 Å². The van der Waals surface area contributed by atoms with Gasteiger partial charge in [-0.15, -0.1) is 11.3 Å². The number of halogens is 2. The number of pyridine rings is 1. The van der Waals surface area contributed by atoms with E-state index < -0.39 is 35.6 Å². The predicted octanol–water partition coefficient (Wildman–Crippen LogP) is 1.95. The van der Waals surface area contributed by atoms with Gasteiger partial charge in [-0.1, -0.05) is 18.2 Å². The largest absolute Gasteiger partial charge is 0.384 e. The highest BCUT2D eigenvalue weighted by atomic mass is 32.1. The minimum Gasteiger partial charge on any atom is -0.384 e. The van der Waals surface area contributed by atoms with E-state index in [0.717, 1.165) is 17.0 Å². The molecule has 0 saturated carbocycles. The number of aliphatic hydroxyl groups is 1. The second-order valence-corrected chi connectivity index (χ2v) is 8.15. The molecule has 0 radical (unpaired) electrons. The minimum absolute atomic E-state index is 0.0967. The Hall–Kier alpha value is -3.37. The zero-order chi connectivity index (χ0) is 23.1. The first-order valence-electron chi connectivity index (χ1n) is 9.74. The Bertz CT molecular complexity index is 1060. The van der Waals surface area contributed by atoms with Crippen molar-refractivity contribution < 1.29 is 23.5 Å². The van der Waals surface area contributed by atoms with Crippen LogP contribution < -0.4 is 16.4 Å². The van der Waals surface area contributed by atoms with Gasteiger partial charge in [-0.3, -0.25) is 9.59 Å². The van der Waals surface area contributed by atoms with Crippen LogP contribution in [0, 0.1) is 11.6 Å². The number of amides is 2. The van der Waals surface area contributed by atoms with Gasteiger partial charge < -0.3 is 21.5 Å². The molecule has 0 aliphatic carbocycles. The van der Waals surface area contributed by atoms with Gasteiger partial charge in [-0.2, -0.15) is 0 Å². The van der Waals surface area contributed by atoms with E-state index in [-0.39, 0.29) is 19.4 Å². The quantitative estimate of drug-likeness (QED) is 0.389. The summed E-state index contributed by atoms with van der Waals surface area (Å²) >= 11 is 1.39. The van der Waals surface area contributed by atoms with Crippen molar-refractivity contribution in [3.05, 3.63) is 81.7 Å². The number of hydrogen-bond acceptors (Lipinski definition) is 6. The molecule has 168 valence electrons. The summed E-state index contributed by atoms with van der Waals surface area (Å²) in [6.07, 6.45) is 0.138. The summed E-state index contributed by atoms with van der Waals surface area (Å²) in [5, 5.41) is 17.2. The standard InChI is InChI=1S/C22H22F2N4O3S/c23-16-5-3-13(8-17(16)24)9-18(21(30)27-12-14-4-6-20(25)26-11-14)28-22(31)19(29)10-15-2-1-7-32-15/h1-8,11,18-19,29H,9-10,12H2,(H2,25,26)(H,27,30)(H,28,31)/t18-,19+/m0/s1. The molecule has 2 amide bonds. The Kier molecular flexibility index (Phi) is 7.85. The minimum atomic E-state index is -1.37. The zero-order valence-corrected chi connectivity index (χ0v) is 17.7. The van der Waals surface area contributed by atoms with Crippen LogP contribution in [0.1, 0.15) is 16.0 Å². The lowest BCUT2D eigenvalue weighted by molar-refractivity contribution is -0.134. The van der Waals surface area contributed by atoms with Crippen molar-refractivity contribution in [1.82, 2.24) is 15.6 Å². The Labute approximate surface area is 187 Å². The summed E-state index contributed by atoms with van der Waals surface area (Å²) in [4.78, 5) is 30.1. The summed E-state index contributed by atoms with van der Waals surface area (Å²) < 4.78 is 26.9. The SMILES string of the molecule is Nc1ccc(CNC(=O)[C@H](Cc2ccc(F)c(F)c2)NC(=O)[C@H](O)Cc2cccs2)cn1. The number of nitrogen functional groups attached to an aromatic ring is 1. The van der Waals surface area contributed by atoms with E-state index in [1.165, 1.54) is 23.6 Å². The Balaban J connectivity index is 1.69. The van der Waals surface area contributed by atoms with Crippen LogP contribution in [0.2, 0.25) is 0 Å². The highest BCUT2D eigenvalue weighted by Crippen LogP contribution is 2.13. The maximum Gasteiger partial charge on any atom is 0.249 e. The Morgan fingerprint density at radius 3 is 2.50 bits per heavy atom. The monoisotopic (exact) mass is 460 g/mol. The van der Waals surface area contributed by atoms with Gasteiger partial charge in [0.25, 0.3) is 0 Å². The average Bonchev–Trinajstić information content (AvgIpc) is 3.28. The van der Waals surface area contributed by atoms with Gasteiger partial charge in [0.15, 0.2) is 11.6 Å². The molecule has 3 rings (SSSR count). The first kappa shape index (κ1) is 23.3. The molecule has 32 heavy (non-hydrogen) atoms. The lowest BCUT2D eigenvalue weighted by atomic mass is 10.0. The van der Waals surface area contributed by atoms with Crippen LogP contribution in [0.15, 0.2) is 54.0 Å². The maximum absolute atomic E-state index is 13.6. The van der Waals surface area contributed by atoms with Crippen molar-refractivity contribution in [2.75, 3.05) is 5.73 Å². The van der Waals surface area contributed by atoms with E-state index >= 15 is 0 Å². The van der Waals surface area contributed by atoms with Crippen LogP contribution in [0.5, 0.6) is 0 Å². The summed E-state index contributed by atoms with van der Waals surface area (Å²) in [6, 6.07) is 8.99. The van der Waals surface area contributed by atoms with Crippen LogP contribution in [-0.4, -0.2) is 34.1 Å². The van der Waals surface area contributed by atoms with Gasteiger partial charge in [-0.25, -0.2) is 13.8 Å². The Morgan fingerprint density at radius 2 is 1.84 bits per heavy atom. The number of thiophene rings is 1. The van der Waals surface area contributed by atoms with Gasteiger partial charge in [0.1, 0.15) is 18.0 Å². The van der Waals surface area contributed by atoms with Crippen molar-refractivity contribution >= 4 is 29.0 Å². The fourth-order valence-corrected chi connectivity index (χ4v) is 3.69.